The lowest BCUT2D eigenvalue weighted by molar-refractivity contribution is -0.140. The number of rotatable bonds is 3. The Kier molecular flexibility index (Phi) is 4.91. The van der Waals surface area contributed by atoms with Crippen LogP contribution in [-0.2, 0) is 22.6 Å². The van der Waals surface area contributed by atoms with Gasteiger partial charge in [-0.1, -0.05) is 39.0 Å². The smallest absolute Gasteiger partial charge is 0.237 e. The van der Waals surface area contributed by atoms with E-state index in [1.807, 2.05) is 17.0 Å². The molecule has 2 N–H and O–H groups in total. The number of aromatic nitrogens is 1. The molecule has 0 spiro atoms. The van der Waals surface area contributed by atoms with Crippen LogP contribution >= 0.6 is 0 Å². The Bertz CT molecular complexity index is 896. The fraction of sp³-hybridized carbons (Fsp3) is 0.545. The molecule has 3 heterocycles. The van der Waals surface area contributed by atoms with Crippen LogP contribution in [-0.4, -0.2) is 58.8 Å². The number of para-hydroxylation sites is 1. The van der Waals surface area contributed by atoms with Crippen LogP contribution in [0.25, 0.3) is 10.9 Å². The number of piperazine rings is 1. The van der Waals surface area contributed by atoms with Crippen LogP contribution in [0.4, 0.5) is 0 Å². The molecule has 0 aliphatic carbocycles. The number of aromatic amines is 1. The van der Waals surface area contributed by atoms with Crippen LogP contribution in [0.1, 0.15) is 38.4 Å². The number of benzene rings is 1. The van der Waals surface area contributed by atoms with Gasteiger partial charge < -0.3 is 15.2 Å². The highest BCUT2D eigenvalue weighted by Gasteiger charge is 2.35. The summed E-state index contributed by atoms with van der Waals surface area (Å²) in [6.45, 7) is 10.1. The van der Waals surface area contributed by atoms with E-state index in [0.717, 1.165) is 25.0 Å². The Balaban J connectivity index is 1.49. The van der Waals surface area contributed by atoms with Gasteiger partial charge in [-0.15, -0.1) is 0 Å². The highest BCUT2D eigenvalue weighted by Crippen LogP contribution is 2.28. The topological polar surface area (TPSA) is 68.4 Å². The van der Waals surface area contributed by atoms with Crippen LogP contribution in [0.2, 0.25) is 0 Å². The van der Waals surface area contributed by atoms with E-state index >= 15 is 0 Å². The SMILES string of the molecule is CC(C)(C)CN1CCNC(=O)C1CC(=O)N1CCc2[nH]c3ccccc3c2C1. The molecule has 2 amide bonds. The van der Waals surface area contributed by atoms with E-state index in [9.17, 15) is 9.59 Å². The largest absolute Gasteiger partial charge is 0.358 e. The van der Waals surface area contributed by atoms with E-state index in [-0.39, 0.29) is 29.7 Å². The number of nitrogens with one attached hydrogen (secondary N) is 2. The van der Waals surface area contributed by atoms with Gasteiger partial charge in [-0.3, -0.25) is 14.5 Å². The number of H-pyrrole nitrogens is 1. The molecule has 28 heavy (non-hydrogen) atoms. The molecule has 1 saturated heterocycles. The first kappa shape index (κ1) is 19.0. The molecule has 1 aromatic carbocycles. The van der Waals surface area contributed by atoms with Crippen LogP contribution in [0.3, 0.4) is 0 Å². The predicted molar refractivity (Wildman–Crippen MR) is 110 cm³/mol. The summed E-state index contributed by atoms with van der Waals surface area (Å²) in [7, 11) is 0. The molecule has 2 aromatic rings. The van der Waals surface area contributed by atoms with E-state index in [2.05, 4.69) is 48.1 Å². The van der Waals surface area contributed by atoms with Crippen LogP contribution in [0.15, 0.2) is 24.3 Å². The van der Waals surface area contributed by atoms with E-state index in [4.69, 9.17) is 0 Å². The molecular weight excluding hydrogens is 352 g/mol. The Morgan fingerprint density at radius 1 is 1.21 bits per heavy atom. The van der Waals surface area contributed by atoms with Crippen LogP contribution < -0.4 is 5.32 Å². The van der Waals surface area contributed by atoms with Gasteiger partial charge >= 0.3 is 0 Å². The molecule has 1 fully saturated rings. The Morgan fingerprint density at radius 3 is 2.79 bits per heavy atom. The van der Waals surface area contributed by atoms with E-state index < -0.39 is 0 Å². The quantitative estimate of drug-likeness (QED) is 0.856. The maximum absolute atomic E-state index is 13.1. The molecular formula is C22H30N4O2. The minimum atomic E-state index is -0.371. The third kappa shape index (κ3) is 3.78. The second kappa shape index (κ2) is 7.24. The second-order valence-electron chi connectivity index (χ2n) is 9.24. The lowest BCUT2D eigenvalue weighted by Crippen LogP contribution is -2.58. The number of fused-ring (bicyclic) bond motifs is 3. The van der Waals surface area contributed by atoms with Gasteiger partial charge in [0.25, 0.3) is 0 Å². The highest BCUT2D eigenvalue weighted by atomic mass is 16.2. The van der Waals surface area contributed by atoms with E-state index in [1.54, 1.807) is 0 Å². The summed E-state index contributed by atoms with van der Waals surface area (Å²) >= 11 is 0. The number of carbonyl (C=O) groups excluding carboxylic acids is 2. The lowest BCUT2D eigenvalue weighted by Gasteiger charge is -2.39. The number of nitrogens with zero attached hydrogens (tertiary/aromatic N) is 2. The minimum Gasteiger partial charge on any atom is -0.358 e. The van der Waals surface area contributed by atoms with E-state index in [0.29, 0.717) is 19.6 Å². The Hall–Kier alpha value is -2.34. The Morgan fingerprint density at radius 2 is 2.00 bits per heavy atom. The van der Waals surface area contributed by atoms with Crippen molar-refractivity contribution in [3.05, 3.63) is 35.5 Å². The van der Waals surface area contributed by atoms with E-state index in [1.165, 1.54) is 16.6 Å². The number of amides is 2. The summed E-state index contributed by atoms with van der Waals surface area (Å²) in [5.41, 5.74) is 3.66. The molecule has 0 bridgehead atoms. The third-order valence-electron chi connectivity index (χ3n) is 5.72. The third-order valence-corrected chi connectivity index (χ3v) is 5.72. The van der Waals surface area contributed by atoms with Gasteiger partial charge in [0, 0.05) is 61.3 Å². The van der Waals surface area contributed by atoms with Gasteiger partial charge in [-0.2, -0.15) is 0 Å². The maximum Gasteiger partial charge on any atom is 0.237 e. The average molecular weight is 383 g/mol. The fourth-order valence-electron chi connectivity index (χ4n) is 4.46. The summed E-state index contributed by atoms with van der Waals surface area (Å²) in [5.74, 6) is 0.0468. The predicted octanol–water partition coefficient (Wildman–Crippen LogP) is 2.29. The van der Waals surface area contributed by atoms with Gasteiger partial charge in [0.05, 0.1) is 12.5 Å². The summed E-state index contributed by atoms with van der Waals surface area (Å²) < 4.78 is 0. The molecule has 1 atom stereocenters. The molecule has 6 heteroatoms. The van der Waals surface area contributed by atoms with Gasteiger partial charge in [0.15, 0.2) is 0 Å². The first-order chi connectivity index (χ1) is 13.3. The van der Waals surface area contributed by atoms with Crippen molar-refractivity contribution in [2.24, 2.45) is 5.41 Å². The summed E-state index contributed by atoms with van der Waals surface area (Å²) in [6, 6.07) is 7.88. The van der Waals surface area contributed by atoms with Crippen molar-refractivity contribution in [3.8, 4) is 0 Å². The highest BCUT2D eigenvalue weighted by molar-refractivity contribution is 5.90. The van der Waals surface area contributed by atoms with Gasteiger partial charge in [0.2, 0.25) is 11.8 Å². The monoisotopic (exact) mass is 382 g/mol. The van der Waals surface area contributed by atoms with Crippen molar-refractivity contribution in [1.29, 1.82) is 0 Å². The second-order valence-corrected chi connectivity index (χ2v) is 9.24. The average Bonchev–Trinajstić information content (AvgIpc) is 3.01. The fourth-order valence-corrected chi connectivity index (χ4v) is 4.46. The molecule has 1 aromatic heterocycles. The normalized spacial score (nSPS) is 20.9. The van der Waals surface area contributed by atoms with Crippen molar-refractivity contribution >= 4 is 22.7 Å². The summed E-state index contributed by atoms with van der Waals surface area (Å²) in [4.78, 5) is 33.2. The van der Waals surface area contributed by atoms with Gasteiger partial charge in [-0.25, -0.2) is 0 Å². The number of carbonyl (C=O) groups is 2. The van der Waals surface area contributed by atoms with Crippen LogP contribution in [0.5, 0.6) is 0 Å². The molecule has 0 saturated carbocycles. The zero-order valence-corrected chi connectivity index (χ0v) is 17.0. The summed E-state index contributed by atoms with van der Waals surface area (Å²) in [5, 5.41) is 4.13. The van der Waals surface area contributed by atoms with Crippen molar-refractivity contribution in [1.82, 2.24) is 20.1 Å². The minimum absolute atomic E-state index is 0.0198. The van der Waals surface area contributed by atoms with Gasteiger partial charge in [0.1, 0.15) is 0 Å². The molecule has 2 aliphatic heterocycles. The maximum atomic E-state index is 13.1. The van der Waals surface area contributed by atoms with Crippen molar-refractivity contribution < 1.29 is 9.59 Å². The Labute approximate surface area is 166 Å². The first-order valence-corrected chi connectivity index (χ1v) is 10.2. The molecule has 150 valence electrons. The van der Waals surface area contributed by atoms with Crippen molar-refractivity contribution in [2.45, 2.75) is 46.2 Å². The summed E-state index contributed by atoms with van der Waals surface area (Å²) in [6.07, 6.45) is 1.08. The van der Waals surface area contributed by atoms with Crippen molar-refractivity contribution in [2.75, 3.05) is 26.2 Å². The molecule has 0 radical (unpaired) electrons. The molecule has 2 aliphatic rings. The van der Waals surface area contributed by atoms with Crippen LogP contribution in [0, 0.1) is 5.41 Å². The first-order valence-electron chi connectivity index (χ1n) is 10.2. The molecule has 4 rings (SSSR count). The lowest BCUT2D eigenvalue weighted by atomic mass is 9.94. The van der Waals surface area contributed by atoms with Crippen molar-refractivity contribution in [3.63, 3.8) is 0 Å². The zero-order valence-electron chi connectivity index (χ0n) is 17.0. The number of hydrogen-bond donors (Lipinski definition) is 2. The standard InChI is InChI=1S/C22H30N4O2/c1-22(2,3)14-26-11-9-23-21(28)19(26)12-20(27)25-10-8-18-16(13-25)15-6-4-5-7-17(15)24-18/h4-7,19,24H,8-14H2,1-3H3,(H,23,28). The van der Waals surface area contributed by atoms with Gasteiger partial charge in [-0.05, 0) is 11.5 Å². The number of hydrogen-bond acceptors (Lipinski definition) is 3. The zero-order chi connectivity index (χ0) is 19.9. The molecule has 1 unspecified atom stereocenters. The molecule has 6 nitrogen and oxygen atoms in total.